The minimum absolute atomic E-state index is 0.172. The van der Waals surface area contributed by atoms with Crippen molar-refractivity contribution in [3.63, 3.8) is 0 Å². The van der Waals surface area contributed by atoms with Crippen molar-refractivity contribution in [2.24, 2.45) is 7.05 Å². The summed E-state index contributed by atoms with van der Waals surface area (Å²) in [4.78, 5) is 33.4. The second-order valence-corrected chi connectivity index (χ2v) is 7.98. The Morgan fingerprint density at radius 2 is 1.86 bits per heavy atom. The molecule has 1 amide bonds. The number of nitrogens with zero attached hydrogens (tertiary/aromatic N) is 7. The Morgan fingerprint density at radius 3 is 2.62 bits per heavy atom. The van der Waals surface area contributed by atoms with E-state index < -0.39 is 17.8 Å². The number of hydrogen-bond donors (Lipinski definition) is 2. The van der Waals surface area contributed by atoms with Gasteiger partial charge in [0, 0.05) is 36.6 Å². The Balaban J connectivity index is 1.52. The molecule has 4 heterocycles. The lowest BCUT2D eigenvalue weighted by molar-refractivity contribution is -0.141. The summed E-state index contributed by atoms with van der Waals surface area (Å²) in [6.07, 6.45) is -0.249. The Morgan fingerprint density at radius 1 is 1.03 bits per heavy atom. The van der Waals surface area contributed by atoms with Gasteiger partial charge in [0.1, 0.15) is 22.9 Å². The average molecular weight is 505 g/mol. The molecule has 4 aromatic heterocycles. The van der Waals surface area contributed by atoms with Crippen LogP contribution in [0.15, 0.2) is 61.1 Å². The summed E-state index contributed by atoms with van der Waals surface area (Å²) in [7, 11) is 1.75. The summed E-state index contributed by atoms with van der Waals surface area (Å²) < 4.78 is 40.4. The predicted molar refractivity (Wildman–Crippen MR) is 128 cm³/mol. The fourth-order valence-electron chi connectivity index (χ4n) is 3.64. The van der Waals surface area contributed by atoms with E-state index in [2.05, 4.69) is 35.3 Å². The maximum Gasteiger partial charge on any atom is 0.433 e. The van der Waals surface area contributed by atoms with Crippen molar-refractivity contribution in [2.75, 3.05) is 5.73 Å². The molecule has 0 atom stereocenters. The number of benzene rings is 1. The lowest BCUT2D eigenvalue weighted by Gasteiger charge is -2.12. The van der Waals surface area contributed by atoms with Gasteiger partial charge >= 0.3 is 6.18 Å². The largest absolute Gasteiger partial charge is 0.433 e. The summed E-state index contributed by atoms with van der Waals surface area (Å²) in [5, 5.41) is 7.69. The van der Waals surface area contributed by atoms with Crippen LogP contribution in [-0.2, 0) is 19.8 Å². The first-order valence-corrected chi connectivity index (χ1v) is 10.9. The summed E-state index contributed by atoms with van der Waals surface area (Å²) >= 11 is 0. The summed E-state index contributed by atoms with van der Waals surface area (Å²) in [5.41, 5.74) is 7.40. The van der Waals surface area contributed by atoms with Crippen molar-refractivity contribution >= 4 is 22.6 Å². The molecule has 5 aromatic rings. The number of amides is 1. The lowest BCUT2D eigenvalue weighted by atomic mass is 10.0. The fourth-order valence-corrected chi connectivity index (χ4v) is 3.64. The van der Waals surface area contributed by atoms with Crippen LogP contribution in [0, 0.1) is 0 Å². The van der Waals surface area contributed by atoms with E-state index in [-0.39, 0.29) is 23.9 Å². The Bertz CT molecular complexity index is 1630. The number of anilines is 1. The molecule has 0 aliphatic rings. The monoisotopic (exact) mass is 505 g/mol. The van der Waals surface area contributed by atoms with Crippen LogP contribution >= 0.6 is 0 Å². The van der Waals surface area contributed by atoms with Gasteiger partial charge in [0.25, 0.3) is 5.91 Å². The number of alkyl halides is 3. The first-order valence-electron chi connectivity index (χ1n) is 10.9. The van der Waals surface area contributed by atoms with Gasteiger partial charge in [-0.1, -0.05) is 12.1 Å². The predicted octanol–water partition coefficient (Wildman–Crippen LogP) is 3.41. The molecule has 0 saturated heterocycles. The number of nitrogen functional groups attached to an aromatic ring is 1. The molecule has 0 spiro atoms. The average Bonchev–Trinajstić information content (AvgIpc) is 3.32. The smallest absolute Gasteiger partial charge is 0.382 e. The molecule has 1 aromatic carbocycles. The van der Waals surface area contributed by atoms with E-state index in [1.165, 1.54) is 0 Å². The Kier molecular flexibility index (Phi) is 5.95. The number of carbonyl (C=O) groups is 1. The molecule has 0 bridgehead atoms. The molecule has 0 aliphatic heterocycles. The van der Waals surface area contributed by atoms with E-state index in [1.807, 2.05) is 18.2 Å². The fraction of sp³-hybridized carbons (Fsp3) is 0.125. The van der Waals surface area contributed by atoms with Crippen molar-refractivity contribution < 1.29 is 18.0 Å². The molecule has 0 aliphatic carbocycles. The van der Waals surface area contributed by atoms with Crippen LogP contribution in [0.3, 0.4) is 0 Å². The highest BCUT2D eigenvalue weighted by Crippen LogP contribution is 2.31. The normalized spacial score (nSPS) is 11.6. The van der Waals surface area contributed by atoms with Crippen LogP contribution in [0.5, 0.6) is 0 Å². The highest BCUT2D eigenvalue weighted by molar-refractivity contribution is 5.98. The lowest BCUT2D eigenvalue weighted by Crippen LogP contribution is -2.27. The van der Waals surface area contributed by atoms with Gasteiger partial charge in [-0.3, -0.25) is 14.5 Å². The van der Waals surface area contributed by atoms with Crippen LogP contribution in [0.1, 0.15) is 22.0 Å². The van der Waals surface area contributed by atoms with E-state index in [9.17, 15) is 18.0 Å². The van der Waals surface area contributed by atoms with Crippen molar-refractivity contribution in [1.29, 1.82) is 0 Å². The summed E-state index contributed by atoms with van der Waals surface area (Å²) in [6.45, 7) is -0.372. The van der Waals surface area contributed by atoms with Gasteiger partial charge in [0.15, 0.2) is 11.5 Å². The minimum Gasteiger partial charge on any atom is -0.382 e. The van der Waals surface area contributed by atoms with Gasteiger partial charge in [0.05, 0.1) is 17.8 Å². The molecular weight excluding hydrogens is 487 g/mol. The third-order valence-electron chi connectivity index (χ3n) is 5.37. The zero-order valence-electron chi connectivity index (χ0n) is 19.2. The number of nitrogens with one attached hydrogen (secondary N) is 1. The molecule has 0 fully saturated rings. The third-order valence-corrected chi connectivity index (χ3v) is 5.37. The number of rotatable bonds is 5. The quantitative estimate of drug-likeness (QED) is 0.371. The molecule has 3 N–H and O–H groups in total. The van der Waals surface area contributed by atoms with Crippen molar-refractivity contribution in [3.05, 3.63) is 78.3 Å². The van der Waals surface area contributed by atoms with Crippen LogP contribution < -0.4 is 11.1 Å². The number of carbonyl (C=O) groups excluding carboxylic acids is 1. The molecule has 0 unspecified atom stereocenters. The second kappa shape index (κ2) is 9.26. The van der Waals surface area contributed by atoms with Gasteiger partial charge in [-0.25, -0.2) is 19.9 Å². The van der Waals surface area contributed by atoms with Gasteiger partial charge in [-0.2, -0.15) is 18.3 Å². The first kappa shape index (κ1) is 23.8. The Hall–Kier alpha value is -4.94. The maximum absolute atomic E-state index is 13.0. The number of pyridine rings is 1. The molecule has 13 heteroatoms. The molecule has 10 nitrogen and oxygen atoms in total. The Labute approximate surface area is 207 Å². The molecular formula is C24H18F3N9O. The second-order valence-electron chi connectivity index (χ2n) is 7.98. The topological polar surface area (TPSA) is 137 Å². The molecule has 186 valence electrons. The number of halogens is 3. The number of aromatic nitrogens is 7. The zero-order chi connectivity index (χ0) is 26.2. The molecule has 37 heavy (non-hydrogen) atoms. The van der Waals surface area contributed by atoms with Crippen molar-refractivity contribution in [2.45, 2.75) is 12.7 Å². The number of hydrogen-bond acceptors (Lipinski definition) is 8. The van der Waals surface area contributed by atoms with Crippen LogP contribution in [0.2, 0.25) is 0 Å². The van der Waals surface area contributed by atoms with Crippen LogP contribution in [0.25, 0.3) is 33.5 Å². The van der Waals surface area contributed by atoms with Crippen LogP contribution in [-0.4, -0.2) is 40.6 Å². The maximum atomic E-state index is 13.0. The number of fused-ring (bicyclic) bond motifs is 1. The molecule has 5 rings (SSSR count). The number of aryl methyl sites for hydroxylation is 1. The SMILES string of the molecule is Cn1ccc(-c2nc(N)c(C(=O)NCc3nccc(C(F)(F)F)n3)nc2-c2ccc3ncccc3c2)n1. The van der Waals surface area contributed by atoms with E-state index in [0.29, 0.717) is 22.6 Å². The third kappa shape index (κ3) is 4.91. The summed E-state index contributed by atoms with van der Waals surface area (Å²) in [5.74, 6) is -1.14. The molecule has 0 radical (unpaired) electrons. The number of nitrogens with two attached hydrogens (primary N) is 1. The van der Waals surface area contributed by atoms with Crippen molar-refractivity contribution in [3.8, 4) is 22.6 Å². The van der Waals surface area contributed by atoms with E-state index in [4.69, 9.17) is 5.73 Å². The highest BCUT2D eigenvalue weighted by Gasteiger charge is 2.32. The minimum atomic E-state index is -4.64. The summed E-state index contributed by atoms with van der Waals surface area (Å²) in [6, 6.07) is 11.6. The van der Waals surface area contributed by atoms with Gasteiger partial charge in [0.2, 0.25) is 0 Å². The zero-order valence-corrected chi connectivity index (χ0v) is 19.2. The van der Waals surface area contributed by atoms with Gasteiger partial charge in [-0.15, -0.1) is 0 Å². The van der Waals surface area contributed by atoms with E-state index in [0.717, 1.165) is 23.2 Å². The standard InChI is InChI=1S/C24H18F3N9O/c1-36-10-7-16(35-36)20-19(14-4-5-15-13(11-14)3-2-8-29-15)33-21(22(28)34-20)23(37)31-12-18-30-9-6-17(32-18)24(25,26)27/h2-11H,12H2,1H3,(H2,28,34)(H,31,37). The van der Waals surface area contributed by atoms with Crippen LogP contribution in [0.4, 0.5) is 19.0 Å². The molecule has 0 saturated carbocycles. The first-order chi connectivity index (χ1) is 17.7. The highest BCUT2D eigenvalue weighted by atomic mass is 19.4. The van der Waals surface area contributed by atoms with E-state index in [1.54, 1.807) is 42.3 Å². The van der Waals surface area contributed by atoms with Gasteiger partial charge < -0.3 is 11.1 Å². The van der Waals surface area contributed by atoms with Crippen molar-refractivity contribution in [1.82, 2.24) is 40.0 Å². The van der Waals surface area contributed by atoms with E-state index >= 15 is 0 Å². The van der Waals surface area contributed by atoms with Gasteiger partial charge in [-0.05, 0) is 30.3 Å².